The highest BCUT2D eigenvalue weighted by molar-refractivity contribution is 7.89. The van der Waals surface area contributed by atoms with E-state index in [9.17, 15) is 8.42 Å². The van der Waals surface area contributed by atoms with Crippen LogP contribution in [0, 0.1) is 6.92 Å². The van der Waals surface area contributed by atoms with Crippen LogP contribution in [0.25, 0.3) is 0 Å². The quantitative estimate of drug-likeness (QED) is 0.816. The lowest BCUT2D eigenvalue weighted by Gasteiger charge is -2.04. The van der Waals surface area contributed by atoms with E-state index in [1.54, 1.807) is 19.2 Å². The predicted molar refractivity (Wildman–Crippen MR) is 67.4 cm³/mol. The molecule has 0 amide bonds. The van der Waals surface area contributed by atoms with E-state index in [0.29, 0.717) is 17.2 Å². The van der Waals surface area contributed by atoms with Gasteiger partial charge in [-0.15, -0.1) is 0 Å². The lowest BCUT2D eigenvalue weighted by atomic mass is 10.4. The summed E-state index contributed by atoms with van der Waals surface area (Å²) in [5, 5.41) is 0. The lowest BCUT2D eigenvalue weighted by Crippen LogP contribution is -2.23. The summed E-state index contributed by atoms with van der Waals surface area (Å²) in [7, 11) is -3.64. The molecule has 102 valence electrons. The fraction of sp³-hybridized carbons (Fsp3) is 0.273. The molecule has 2 aromatic heterocycles. The van der Waals surface area contributed by atoms with Crippen molar-refractivity contribution in [3.63, 3.8) is 0 Å². The fourth-order valence-electron chi connectivity index (χ4n) is 1.56. The van der Waals surface area contributed by atoms with E-state index in [0.717, 1.165) is 0 Å². The van der Waals surface area contributed by atoms with Gasteiger partial charge in [0.25, 0.3) is 0 Å². The number of furan rings is 1. The molecule has 3 N–H and O–H groups in total. The molecule has 0 aliphatic carbocycles. The van der Waals surface area contributed by atoms with Crippen LogP contribution in [0.15, 0.2) is 34.0 Å². The van der Waals surface area contributed by atoms with Crippen molar-refractivity contribution in [1.82, 2.24) is 14.7 Å². The number of hydrogen-bond donors (Lipinski definition) is 2. The average Bonchev–Trinajstić information content (AvgIpc) is 2.80. The molecule has 2 rings (SSSR count). The number of nitrogens with zero attached hydrogens (tertiary/aromatic N) is 2. The Kier molecular flexibility index (Phi) is 3.93. The summed E-state index contributed by atoms with van der Waals surface area (Å²) < 4.78 is 31.9. The van der Waals surface area contributed by atoms with Crippen molar-refractivity contribution in [3.8, 4) is 0 Å². The largest absolute Gasteiger partial charge is 0.464 e. The van der Waals surface area contributed by atoms with Gasteiger partial charge < -0.3 is 10.2 Å². The minimum absolute atomic E-state index is 0.0907. The molecule has 0 bridgehead atoms. The van der Waals surface area contributed by atoms with Crippen molar-refractivity contribution in [2.24, 2.45) is 5.73 Å². The van der Waals surface area contributed by atoms with Gasteiger partial charge in [-0.2, -0.15) is 0 Å². The molecule has 19 heavy (non-hydrogen) atoms. The first kappa shape index (κ1) is 13.7. The van der Waals surface area contributed by atoms with Gasteiger partial charge >= 0.3 is 0 Å². The third-order valence-electron chi connectivity index (χ3n) is 2.50. The second-order valence-electron chi connectivity index (χ2n) is 3.86. The maximum absolute atomic E-state index is 12.1. The van der Waals surface area contributed by atoms with Gasteiger partial charge in [0.1, 0.15) is 22.7 Å². The molecule has 0 radical (unpaired) electrons. The smallest absolute Gasteiger partial charge is 0.244 e. The van der Waals surface area contributed by atoms with Crippen LogP contribution in [0.5, 0.6) is 0 Å². The maximum atomic E-state index is 12.1. The molecule has 7 nitrogen and oxygen atoms in total. The molecule has 0 aliphatic heterocycles. The molecule has 0 saturated carbocycles. The van der Waals surface area contributed by atoms with Crippen LogP contribution in [0.3, 0.4) is 0 Å². The maximum Gasteiger partial charge on any atom is 0.244 e. The molecule has 2 aromatic rings. The van der Waals surface area contributed by atoms with E-state index >= 15 is 0 Å². The third kappa shape index (κ3) is 3.16. The highest BCUT2D eigenvalue weighted by Crippen LogP contribution is 2.19. The van der Waals surface area contributed by atoms with Gasteiger partial charge in [0.2, 0.25) is 10.0 Å². The van der Waals surface area contributed by atoms with E-state index in [-0.39, 0.29) is 18.0 Å². The Bertz CT molecular complexity index is 652. The third-order valence-corrected chi connectivity index (χ3v) is 4.01. The summed E-state index contributed by atoms with van der Waals surface area (Å²) in [6.45, 7) is 1.83. The zero-order chi connectivity index (χ0) is 13.9. The molecule has 0 atom stereocenters. The number of aromatic nitrogens is 2. The number of rotatable bonds is 5. The Hall–Kier alpha value is -1.77. The van der Waals surface area contributed by atoms with E-state index < -0.39 is 10.0 Å². The zero-order valence-corrected chi connectivity index (χ0v) is 11.1. The number of nitrogens with two attached hydrogens (primary N) is 1. The first-order valence-electron chi connectivity index (χ1n) is 5.57. The summed E-state index contributed by atoms with van der Waals surface area (Å²) in [5.41, 5.74) is 6.00. The van der Waals surface area contributed by atoms with Crippen molar-refractivity contribution in [1.29, 1.82) is 0 Å². The first-order valence-corrected chi connectivity index (χ1v) is 7.05. The molecule has 0 unspecified atom stereocenters. The van der Waals surface area contributed by atoms with Crippen molar-refractivity contribution in [2.45, 2.75) is 24.9 Å². The van der Waals surface area contributed by atoms with Crippen molar-refractivity contribution < 1.29 is 12.8 Å². The topological polar surface area (TPSA) is 111 Å². The average molecular weight is 282 g/mol. The van der Waals surface area contributed by atoms with Gasteiger partial charge in [-0.3, -0.25) is 0 Å². The summed E-state index contributed by atoms with van der Waals surface area (Å²) in [6, 6.07) is 3.06. The standard InChI is InChI=1S/C11H14N4O3S/c1-8-11(4-10(5-12)18-8)19(16,17)15-6-9-2-3-13-7-14-9/h2-4,7,15H,5-6,12H2,1H3. The van der Waals surface area contributed by atoms with Crippen molar-refractivity contribution >= 4 is 10.0 Å². The van der Waals surface area contributed by atoms with Crippen molar-refractivity contribution in [2.75, 3.05) is 0 Å². The molecule has 0 aliphatic rings. The highest BCUT2D eigenvalue weighted by Gasteiger charge is 2.20. The summed E-state index contributed by atoms with van der Waals surface area (Å²) >= 11 is 0. The van der Waals surface area contributed by atoms with E-state index in [2.05, 4.69) is 14.7 Å². The zero-order valence-electron chi connectivity index (χ0n) is 10.3. The second-order valence-corrected chi connectivity index (χ2v) is 5.60. The van der Waals surface area contributed by atoms with Gasteiger partial charge in [0.15, 0.2) is 0 Å². The summed E-state index contributed by atoms with van der Waals surface area (Å²) in [5.74, 6) is 0.746. The van der Waals surface area contributed by atoms with Crippen LogP contribution in [-0.2, 0) is 23.1 Å². The molecule has 2 heterocycles. The van der Waals surface area contributed by atoms with Gasteiger partial charge in [-0.05, 0) is 13.0 Å². The lowest BCUT2D eigenvalue weighted by molar-refractivity contribution is 0.478. The minimum atomic E-state index is -3.64. The van der Waals surface area contributed by atoms with E-state index in [1.807, 2.05) is 0 Å². The Morgan fingerprint density at radius 1 is 1.47 bits per heavy atom. The van der Waals surface area contributed by atoms with E-state index in [4.69, 9.17) is 10.2 Å². The minimum Gasteiger partial charge on any atom is -0.464 e. The normalized spacial score (nSPS) is 11.7. The second kappa shape index (κ2) is 5.47. The highest BCUT2D eigenvalue weighted by atomic mass is 32.2. The van der Waals surface area contributed by atoms with Crippen LogP contribution in [0.2, 0.25) is 0 Å². The summed E-state index contributed by atoms with van der Waals surface area (Å²) in [6.07, 6.45) is 2.91. The SMILES string of the molecule is Cc1oc(CN)cc1S(=O)(=O)NCc1ccncn1. The van der Waals surface area contributed by atoms with Crippen LogP contribution in [-0.4, -0.2) is 18.4 Å². The molecular weight excluding hydrogens is 268 g/mol. The Balaban J connectivity index is 2.16. The molecule has 0 saturated heterocycles. The molecule has 0 spiro atoms. The van der Waals surface area contributed by atoms with Crippen LogP contribution in [0.1, 0.15) is 17.2 Å². The van der Waals surface area contributed by atoms with Crippen LogP contribution < -0.4 is 10.5 Å². The Morgan fingerprint density at radius 3 is 2.84 bits per heavy atom. The monoisotopic (exact) mass is 282 g/mol. The molecule has 0 aromatic carbocycles. The number of hydrogen-bond acceptors (Lipinski definition) is 6. The molecule has 0 fully saturated rings. The Labute approximate surface area is 110 Å². The van der Waals surface area contributed by atoms with Gasteiger partial charge in [-0.25, -0.2) is 23.1 Å². The Morgan fingerprint density at radius 2 is 2.26 bits per heavy atom. The van der Waals surface area contributed by atoms with Gasteiger partial charge in [0.05, 0.1) is 18.8 Å². The molecule has 8 heteroatoms. The first-order chi connectivity index (χ1) is 9.03. The fourth-order valence-corrected chi connectivity index (χ4v) is 2.76. The predicted octanol–water partition coefficient (Wildman–Crippen LogP) is 0.315. The van der Waals surface area contributed by atoms with Crippen LogP contribution >= 0.6 is 0 Å². The number of aryl methyl sites for hydroxylation is 1. The number of nitrogens with one attached hydrogen (secondary N) is 1. The number of sulfonamides is 1. The van der Waals surface area contributed by atoms with Gasteiger partial charge in [0, 0.05) is 12.3 Å². The van der Waals surface area contributed by atoms with Gasteiger partial charge in [-0.1, -0.05) is 0 Å². The van der Waals surface area contributed by atoms with E-state index in [1.165, 1.54) is 12.4 Å². The summed E-state index contributed by atoms with van der Waals surface area (Å²) in [4.78, 5) is 7.80. The molecular formula is C11H14N4O3S. The van der Waals surface area contributed by atoms with Crippen LogP contribution in [0.4, 0.5) is 0 Å². The van der Waals surface area contributed by atoms with Crippen molar-refractivity contribution in [3.05, 3.63) is 41.9 Å².